The minimum absolute atomic E-state index is 0.0268. The summed E-state index contributed by atoms with van der Waals surface area (Å²) in [7, 11) is 0. The van der Waals surface area contributed by atoms with Crippen molar-refractivity contribution in [3.8, 4) is 0 Å². The highest BCUT2D eigenvalue weighted by molar-refractivity contribution is 5.34. The Kier molecular flexibility index (Phi) is 2.99. The van der Waals surface area contributed by atoms with Gasteiger partial charge in [0.25, 0.3) is 0 Å². The predicted octanol–water partition coefficient (Wildman–Crippen LogP) is 1.01. The summed E-state index contributed by atoms with van der Waals surface area (Å²) < 4.78 is 12.4. The quantitative estimate of drug-likeness (QED) is 0.711. The number of pyridine rings is 1. The highest BCUT2D eigenvalue weighted by Gasteiger charge is 1.99. The van der Waals surface area contributed by atoms with Crippen molar-refractivity contribution in [3.63, 3.8) is 0 Å². The normalized spacial score (nSPS) is 12.6. The molecule has 0 saturated carbocycles. The van der Waals surface area contributed by atoms with Crippen molar-refractivity contribution in [3.05, 3.63) is 24.1 Å². The van der Waals surface area contributed by atoms with Gasteiger partial charge in [-0.3, -0.25) is 0 Å². The molecule has 0 fully saturated rings. The lowest BCUT2D eigenvalue weighted by Gasteiger charge is -2.10. The van der Waals surface area contributed by atoms with E-state index in [2.05, 4.69) is 10.3 Å². The number of nitrogens with zero attached hydrogens (tertiary/aromatic N) is 1. The van der Waals surface area contributed by atoms with Crippen LogP contribution >= 0.6 is 0 Å². The van der Waals surface area contributed by atoms with Crippen LogP contribution in [0, 0.1) is 5.82 Å². The molecule has 1 atom stereocenters. The molecular formula is C8H11FN2O. The van der Waals surface area contributed by atoms with Gasteiger partial charge in [-0.05, 0) is 19.1 Å². The Labute approximate surface area is 70.3 Å². The summed E-state index contributed by atoms with van der Waals surface area (Å²) in [6, 6.07) is 2.78. The second-order valence-electron chi connectivity index (χ2n) is 2.59. The number of aromatic nitrogens is 1. The van der Waals surface area contributed by atoms with E-state index in [4.69, 9.17) is 5.11 Å². The molecule has 4 heteroatoms. The van der Waals surface area contributed by atoms with E-state index >= 15 is 0 Å². The second-order valence-corrected chi connectivity index (χ2v) is 2.59. The Hall–Kier alpha value is -1.16. The number of anilines is 1. The summed E-state index contributed by atoms with van der Waals surface area (Å²) >= 11 is 0. The molecule has 3 nitrogen and oxygen atoms in total. The molecule has 0 aliphatic carbocycles. The third-order valence-corrected chi connectivity index (χ3v) is 1.40. The number of hydrogen-bond donors (Lipinski definition) is 2. The maximum atomic E-state index is 12.4. The van der Waals surface area contributed by atoms with E-state index in [9.17, 15) is 4.39 Å². The Morgan fingerprint density at radius 3 is 2.92 bits per heavy atom. The lowest BCUT2D eigenvalue weighted by molar-refractivity contribution is 0.281. The average molecular weight is 170 g/mol. The number of aliphatic hydroxyl groups excluding tert-OH is 1. The maximum Gasteiger partial charge on any atom is 0.141 e. The van der Waals surface area contributed by atoms with Crippen LogP contribution in [0.25, 0.3) is 0 Å². The summed E-state index contributed by atoms with van der Waals surface area (Å²) in [6.07, 6.45) is 1.13. The Bertz CT molecular complexity index is 237. The van der Waals surface area contributed by atoms with Crippen molar-refractivity contribution in [2.45, 2.75) is 13.0 Å². The first kappa shape index (κ1) is 8.93. The molecule has 1 unspecified atom stereocenters. The lowest BCUT2D eigenvalue weighted by atomic mass is 10.3. The number of halogens is 1. The maximum absolute atomic E-state index is 12.4. The van der Waals surface area contributed by atoms with E-state index in [0.29, 0.717) is 5.82 Å². The minimum atomic E-state index is -0.364. The van der Waals surface area contributed by atoms with Crippen molar-refractivity contribution in [1.29, 1.82) is 0 Å². The van der Waals surface area contributed by atoms with Crippen LogP contribution in [-0.4, -0.2) is 22.7 Å². The Balaban J connectivity index is 2.58. The van der Waals surface area contributed by atoms with Crippen LogP contribution in [0.1, 0.15) is 6.92 Å². The average Bonchev–Trinajstić information content (AvgIpc) is 2.09. The van der Waals surface area contributed by atoms with Crippen molar-refractivity contribution in [1.82, 2.24) is 4.98 Å². The van der Waals surface area contributed by atoms with Gasteiger partial charge in [0, 0.05) is 6.04 Å². The zero-order valence-corrected chi connectivity index (χ0v) is 6.79. The van der Waals surface area contributed by atoms with E-state index in [0.717, 1.165) is 6.20 Å². The van der Waals surface area contributed by atoms with Gasteiger partial charge >= 0.3 is 0 Å². The zero-order chi connectivity index (χ0) is 8.97. The second kappa shape index (κ2) is 4.01. The van der Waals surface area contributed by atoms with Gasteiger partial charge < -0.3 is 10.4 Å². The fraction of sp³-hybridized carbons (Fsp3) is 0.375. The summed E-state index contributed by atoms with van der Waals surface area (Å²) in [6.45, 7) is 1.84. The van der Waals surface area contributed by atoms with Gasteiger partial charge in [-0.1, -0.05) is 0 Å². The molecule has 66 valence electrons. The first-order chi connectivity index (χ1) is 5.72. The number of hydrogen-bond acceptors (Lipinski definition) is 3. The monoisotopic (exact) mass is 170 g/mol. The van der Waals surface area contributed by atoms with E-state index in [1.807, 2.05) is 6.92 Å². The highest BCUT2D eigenvalue weighted by atomic mass is 19.1. The van der Waals surface area contributed by atoms with Gasteiger partial charge in [-0.2, -0.15) is 0 Å². The lowest BCUT2D eigenvalue weighted by Crippen LogP contribution is -2.19. The number of aliphatic hydroxyl groups is 1. The molecule has 1 heterocycles. The van der Waals surface area contributed by atoms with Crippen molar-refractivity contribution >= 4 is 5.82 Å². The molecule has 0 aliphatic rings. The molecule has 0 aliphatic heterocycles. The largest absolute Gasteiger partial charge is 0.394 e. The molecular weight excluding hydrogens is 159 g/mol. The number of rotatable bonds is 3. The molecule has 2 N–H and O–H groups in total. The third kappa shape index (κ3) is 2.47. The van der Waals surface area contributed by atoms with Gasteiger partial charge in [0.2, 0.25) is 0 Å². The first-order valence-corrected chi connectivity index (χ1v) is 3.71. The molecule has 1 aromatic heterocycles. The Morgan fingerprint density at radius 1 is 1.67 bits per heavy atom. The summed E-state index contributed by atoms with van der Waals surface area (Å²) in [5, 5.41) is 11.6. The van der Waals surface area contributed by atoms with Gasteiger partial charge in [-0.25, -0.2) is 9.37 Å². The molecule has 0 saturated heterocycles. The predicted molar refractivity (Wildman–Crippen MR) is 44.4 cm³/mol. The fourth-order valence-electron chi connectivity index (χ4n) is 0.759. The topological polar surface area (TPSA) is 45.1 Å². The van der Waals surface area contributed by atoms with Crippen molar-refractivity contribution in [2.24, 2.45) is 0 Å². The van der Waals surface area contributed by atoms with Crippen LogP contribution in [0.2, 0.25) is 0 Å². The molecule has 0 spiro atoms. The molecule has 0 bridgehead atoms. The van der Waals surface area contributed by atoms with Crippen molar-refractivity contribution < 1.29 is 9.50 Å². The van der Waals surface area contributed by atoms with Crippen LogP contribution in [0.5, 0.6) is 0 Å². The third-order valence-electron chi connectivity index (χ3n) is 1.40. The Morgan fingerprint density at radius 2 is 2.42 bits per heavy atom. The molecule has 0 amide bonds. The van der Waals surface area contributed by atoms with E-state index in [1.54, 1.807) is 0 Å². The van der Waals surface area contributed by atoms with Gasteiger partial charge in [-0.15, -0.1) is 0 Å². The van der Waals surface area contributed by atoms with Gasteiger partial charge in [0.05, 0.1) is 12.8 Å². The zero-order valence-electron chi connectivity index (χ0n) is 6.79. The van der Waals surface area contributed by atoms with Crippen LogP contribution in [0.3, 0.4) is 0 Å². The molecule has 12 heavy (non-hydrogen) atoms. The summed E-state index contributed by atoms with van der Waals surface area (Å²) in [4.78, 5) is 3.77. The van der Waals surface area contributed by atoms with Crippen LogP contribution in [0.4, 0.5) is 10.2 Å². The molecule has 1 aromatic rings. The summed E-state index contributed by atoms with van der Waals surface area (Å²) in [5.74, 6) is 0.204. The summed E-state index contributed by atoms with van der Waals surface area (Å²) in [5.41, 5.74) is 0. The fourth-order valence-corrected chi connectivity index (χ4v) is 0.759. The van der Waals surface area contributed by atoms with Gasteiger partial charge in [0.15, 0.2) is 0 Å². The van der Waals surface area contributed by atoms with Crippen LogP contribution in [-0.2, 0) is 0 Å². The first-order valence-electron chi connectivity index (χ1n) is 3.71. The molecule has 1 rings (SSSR count). The smallest absolute Gasteiger partial charge is 0.141 e. The minimum Gasteiger partial charge on any atom is -0.394 e. The van der Waals surface area contributed by atoms with Crippen LogP contribution < -0.4 is 5.32 Å². The van der Waals surface area contributed by atoms with E-state index in [1.165, 1.54) is 12.1 Å². The molecule has 0 aromatic carbocycles. The van der Waals surface area contributed by atoms with Crippen molar-refractivity contribution in [2.75, 3.05) is 11.9 Å². The van der Waals surface area contributed by atoms with Crippen LogP contribution in [0.15, 0.2) is 18.3 Å². The standard InChI is InChI=1S/C8H11FN2O/c1-6(5-12)11-8-3-2-7(9)4-10-8/h2-4,6,12H,5H2,1H3,(H,10,11). The van der Waals surface area contributed by atoms with Gasteiger partial charge in [0.1, 0.15) is 11.6 Å². The van der Waals surface area contributed by atoms with E-state index < -0.39 is 0 Å². The number of nitrogens with one attached hydrogen (secondary N) is 1. The molecule has 0 radical (unpaired) electrons. The van der Waals surface area contributed by atoms with E-state index in [-0.39, 0.29) is 18.5 Å². The highest BCUT2D eigenvalue weighted by Crippen LogP contribution is 2.04. The SMILES string of the molecule is CC(CO)Nc1ccc(F)cn1.